The van der Waals surface area contributed by atoms with E-state index in [0.717, 1.165) is 9.88 Å². The molecule has 0 bridgehead atoms. The summed E-state index contributed by atoms with van der Waals surface area (Å²) in [4.78, 5) is 8.53. The van der Waals surface area contributed by atoms with Crippen molar-refractivity contribution in [3.05, 3.63) is 26.5 Å². The molecule has 1 aliphatic heterocycles. The highest BCUT2D eigenvalue weighted by atomic mass is 32.1. The Morgan fingerprint density at radius 3 is 2.53 bits per heavy atom. The van der Waals surface area contributed by atoms with Gasteiger partial charge in [-0.05, 0) is 39.1 Å². The molecule has 6 nitrogen and oxygen atoms in total. The van der Waals surface area contributed by atoms with Crippen LogP contribution in [-0.4, -0.2) is 23.0 Å². The standard InChI is InChI=1S/C12H16N4O2S/c1-7-6-14-10(19-7)12(15-16-13)4-8-9(5-12)18-11(2,3)17-8/h6,8-9H,4-5H2,1-3H3/t8-,9+,12-. The number of ether oxygens (including phenoxy) is 2. The van der Waals surface area contributed by atoms with E-state index in [1.807, 2.05) is 27.0 Å². The Morgan fingerprint density at radius 2 is 2.05 bits per heavy atom. The zero-order valence-corrected chi connectivity index (χ0v) is 12.0. The number of rotatable bonds is 2. The van der Waals surface area contributed by atoms with Crippen LogP contribution in [0.4, 0.5) is 0 Å². The number of hydrogen-bond donors (Lipinski definition) is 0. The van der Waals surface area contributed by atoms with E-state index in [1.54, 1.807) is 11.3 Å². The first-order valence-corrected chi connectivity index (χ1v) is 7.11. The van der Waals surface area contributed by atoms with Gasteiger partial charge in [0, 0.05) is 16.0 Å². The number of aromatic nitrogens is 1. The van der Waals surface area contributed by atoms with Crippen LogP contribution in [0.25, 0.3) is 10.4 Å². The molecule has 0 spiro atoms. The maximum absolute atomic E-state index is 8.88. The van der Waals surface area contributed by atoms with Gasteiger partial charge in [0.2, 0.25) is 0 Å². The molecule has 3 atom stereocenters. The number of nitrogens with zero attached hydrogens (tertiary/aromatic N) is 4. The van der Waals surface area contributed by atoms with Crippen molar-refractivity contribution < 1.29 is 9.47 Å². The van der Waals surface area contributed by atoms with Crippen molar-refractivity contribution in [1.29, 1.82) is 0 Å². The van der Waals surface area contributed by atoms with E-state index in [4.69, 9.17) is 15.0 Å². The van der Waals surface area contributed by atoms with Gasteiger partial charge < -0.3 is 9.47 Å². The van der Waals surface area contributed by atoms with Crippen molar-refractivity contribution in [3.8, 4) is 0 Å². The van der Waals surface area contributed by atoms with Gasteiger partial charge in [0.25, 0.3) is 0 Å². The number of azide groups is 1. The zero-order chi connectivity index (χ0) is 13.7. The lowest BCUT2D eigenvalue weighted by atomic mass is 9.99. The SMILES string of the molecule is Cc1cnc([C@]2(N=[N+]=[N-])C[C@@H]3OC(C)(C)O[C@@H]3C2)s1. The fraction of sp³-hybridized carbons (Fsp3) is 0.750. The van der Waals surface area contributed by atoms with Crippen molar-refractivity contribution in [1.82, 2.24) is 4.98 Å². The topological polar surface area (TPSA) is 80.1 Å². The van der Waals surface area contributed by atoms with Gasteiger partial charge in [-0.25, -0.2) is 4.98 Å². The van der Waals surface area contributed by atoms with Crippen LogP contribution in [0.1, 0.15) is 36.6 Å². The molecule has 102 valence electrons. The van der Waals surface area contributed by atoms with Crippen LogP contribution in [0.15, 0.2) is 11.3 Å². The number of aryl methyl sites for hydroxylation is 1. The number of thiazole rings is 1. The maximum atomic E-state index is 8.88. The molecule has 0 amide bonds. The van der Waals surface area contributed by atoms with Crippen LogP contribution in [0.3, 0.4) is 0 Å². The highest BCUT2D eigenvalue weighted by Crippen LogP contribution is 2.50. The van der Waals surface area contributed by atoms with Crippen molar-refractivity contribution in [3.63, 3.8) is 0 Å². The Labute approximate surface area is 115 Å². The highest BCUT2D eigenvalue weighted by Gasteiger charge is 2.55. The van der Waals surface area contributed by atoms with E-state index in [9.17, 15) is 0 Å². The van der Waals surface area contributed by atoms with Gasteiger partial charge >= 0.3 is 0 Å². The molecule has 0 unspecified atom stereocenters. The summed E-state index contributed by atoms with van der Waals surface area (Å²) in [5.74, 6) is -0.545. The van der Waals surface area contributed by atoms with E-state index in [0.29, 0.717) is 12.8 Å². The smallest absolute Gasteiger partial charge is 0.163 e. The molecular weight excluding hydrogens is 264 g/mol. The van der Waals surface area contributed by atoms with Gasteiger partial charge in [-0.2, -0.15) is 0 Å². The van der Waals surface area contributed by atoms with Gasteiger partial charge in [0.05, 0.1) is 12.2 Å². The molecule has 1 saturated carbocycles. The van der Waals surface area contributed by atoms with Crippen LogP contribution in [0.2, 0.25) is 0 Å². The summed E-state index contributed by atoms with van der Waals surface area (Å²) < 4.78 is 11.7. The molecular formula is C12H16N4O2S. The number of fused-ring (bicyclic) bond motifs is 1. The summed E-state index contributed by atoms with van der Waals surface area (Å²) in [5, 5.41) is 4.90. The second-order valence-electron chi connectivity index (χ2n) is 5.62. The largest absolute Gasteiger partial charge is 0.345 e. The van der Waals surface area contributed by atoms with Gasteiger partial charge in [0.15, 0.2) is 5.79 Å². The summed E-state index contributed by atoms with van der Waals surface area (Å²) in [6.45, 7) is 5.82. The van der Waals surface area contributed by atoms with Crippen molar-refractivity contribution in [2.45, 2.75) is 57.1 Å². The Bertz CT molecular complexity index is 534. The summed E-state index contributed by atoms with van der Waals surface area (Å²) in [6, 6.07) is 0. The first-order valence-electron chi connectivity index (χ1n) is 6.29. The highest BCUT2D eigenvalue weighted by molar-refractivity contribution is 7.11. The van der Waals surface area contributed by atoms with Crippen LogP contribution >= 0.6 is 11.3 Å². The molecule has 3 rings (SSSR count). The summed E-state index contributed by atoms with van der Waals surface area (Å²) in [7, 11) is 0. The van der Waals surface area contributed by atoms with E-state index < -0.39 is 11.3 Å². The average Bonchev–Trinajstić information content (AvgIpc) is 2.90. The third-order valence-electron chi connectivity index (χ3n) is 3.62. The lowest BCUT2D eigenvalue weighted by Crippen LogP contribution is -2.27. The molecule has 0 aromatic carbocycles. The fourth-order valence-electron chi connectivity index (χ4n) is 2.96. The molecule has 1 aliphatic carbocycles. The third kappa shape index (κ3) is 2.12. The first-order chi connectivity index (χ1) is 8.94. The predicted octanol–water partition coefficient (Wildman–Crippen LogP) is 3.27. The van der Waals surface area contributed by atoms with Crippen LogP contribution in [-0.2, 0) is 15.0 Å². The van der Waals surface area contributed by atoms with E-state index in [-0.39, 0.29) is 12.2 Å². The molecule has 2 aliphatic rings. The third-order valence-corrected chi connectivity index (χ3v) is 4.72. The molecule has 0 N–H and O–H groups in total. The zero-order valence-electron chi connectivity index (χ0n) is 11.2. The summed E-state index contributed by atoms with van der Waals surface area (Å²) in [6.07, 6.45) is 3.04. The van der Waals surface area contributed by atoms with Gasteiger partial charge in [-0.15, -0.1) is 11.3 Å². The first kappa shape index (κ1) is 12.9. The molecule has 1 aromatic rings. The summed E-state index contributed by atoms with van der Waals surface area (Å²) in [5.41, 5.74) is 8.27. The Balaban J connectivity index is 1.92. The second kappa shape index (κ2) is 4.18. The van der Waals surface area contributed by atoms with Gasteiger partial charge in [-0.3, -0.25) is 0 Å². The van der Waals surface area contributed by atoms with Crippen molar-refractivity contribution >= 4 is 11.3 Å². The van der Waals surface area contributed by atoms with E-state index >= 15 is 0 Å². The van der Waals surface area contributed by atoms with Crippen LogP contribution in [0, 0.1) is 6.92 Å². The molecule has 2 fully saturated rings. The lowest BCUT2D eigenvalue weighted by Gasteiger charge is -2.25. The van der Waals surface area contributed by atoms with Crippen molar-refractivity contribution in [2.24, 2.45) is 5.11 Å². The normalized spacial score (nSPS) is 35.9. The Hall–Kier alpha value is -1.14. The van der Waals surface area contributed by atoms with Gasteiger partial charge in [-0.1, -0.05) is 5.11 Å². The van der Waals surface area contributed by atoms with Gasteiger partial charge in [0.1, 0.15) is 10.5 Å². The lowest BCUT2D eigenvalue weighted by molar-refractivity contribution is -0.155. The average molecular weight is 280 g/mol. The molecule has 0 radical (unpaired) electrons. The van der Waals surface area contributed by atoms with E-state index in [1.165, 1.54) is 0 Å². The predicted molar refractivity (Wildman–Crippen MR) is 70.7 cm³/mol. The Morgan fingerprint density at radius 1 is 1.42 bits per heavy atom. The number of hydrogen-bond acceptors (Lipinski definition) is 5. The monoisotopic (exact) mass is 280 g/mol. The van der Waals surface area contributed by atoms with Crippen molar-refractivity contribution in [2.75, 3.05) is 0 Å². The minimum atomic E-state index is -0.612. The quantitative estimate of drug-likeness (QED) is 0.473. The minimum absolute atomic E-state index is 0.0234. The molecule has 7 heteroatoms. The summed E-state index contributed by atoms with van der Waals surface area (Å²) >= 11 is 1.58. The molecule has 19 heavy (non-hydrogen) atoms. The van der Waals surface area contributed by atoms with Crippen LogP contribution in [0.5, 0.6) is 0 Å². The molecule has 1 saturated heterocycles. The van der Waals surface area contributed by atoms with E-state index in [2.05, 4.69) is 15.0 Å². The maximum Gasteiger partial charge on any atom is 0.163 e. The molecule has 2 heterocycles. The fourth-order valence-corrected chi connectivity index (χ4v) is 3.87. The second-order valence-corrected chi connectivity index (χ2v) is 6.85. The Kier molecular flexibility index (Phi) is 2.83. The minimum Gasteiger partial charge on any atom is -0.345 e. The molecule has 1 aromatic heterocycles. The van der Waals surface area contributed by atoms with Crippen LogP contribution < -0.4 is 0 Å².